The first kappa shape index (κ1) is 20.8. The van der Waals surface area contributed by atoms with Crippen LogP contribution in [0, 0.1) is 21.4 Å². The van der Waals surface area contributed by atoms with Crippen molar-refractivity contribution in [2.75, 3.05) is 0 Å². The Kier molecular flexibility index (Phi) is 5.87. The largest absolute Gasteiger partial charge is 0.457 e. The Labute approximate surface area is 190 Å². The molecule has 0 radical (unpaired) electrons. The van der Waals surface area contributed by atoms with Crippen LogP contribution in [0.1, 0.15) is 10.8 Å². The molecule has 0 atom stereocenters. The number of hydrogen-bond donors (Lipinski definition) is 0. The summed E-state index contributed by atoms with van der Waals surface area (Å²) in [5, 5.41) is 23.7. The minimum Gasteiger partial charge on any atom is -0.457 e. The van der Waals surface area contributed by atoms with Gasteiger partial charge in [0.05, 0.1) is 31.8 Å². The minimum absolute atomic E-state index is 0.00376. The van der Waals surface area contributed by atoms with Crippen molar-refractivity contribution in [1.29, 1.82) is 5.26 Å². The van der Waals surface area contributed by atoms with E-state index in [0.717, 1.165) is 5.56 Å². The van der Waals surface area contributed by atoms with E-state index in [1.165, 1.54) is 23.5 Å². The Morgan fingerprint density at radius 2 is 1.84 bits per heavy atom. The molecule has 0 spiro atoms. The van der Waals surface area contributed by atoms with Crippen molar-refractivity contribution in [2.45, 2.75) is 0 Å². The second-order valence-corrected chi connectivity index (χ2v) is 7.98. The molecule has 2 heterocycles. The number of non-ortho nitro benzene ring substituents is 1. The molecule has 0 saturated carbocycles. The Morgan fingerprint density at radius 3 is 2.48 bits per heavy atom. The zero-order valence-electron chi connectivity index (χ0n) is 15.6. The number of nitrogens with zero attached hydrogens (tertiary/aromatic N) is 3. The summed E-state index contributed by atoms with van der Waals surface area (Å²) in [7, 11) is 0. The molecule has 0 unspecified atom stereocenters. The highest BCUT2D eigenvalue weighted by Crippen LogP contribution is 2.36. The molecular formula is C22H11Cl2N3O3S. The highest BCUT2D eigenvalue weighted by molar-refractivity contribution is 7.11. The first-order valence-electron chi connectivity index (χ1n) is 8.83. The third kappa shape index (κ3) is 4.37. The van der Waals surface area contributed by atoms with Gasteiger partial charge in [-0.15, -0.1) is 11.3 Å². The van der Waals surface area contributed by atoms with E-state index in [1.54, 1.807) is 53.9 Å². The number of nitro benzene ring substituents is 1. The number of benzene rings is 2. The van der Waals surface area contributed by atoms with Crippen molar-refractivity contribution in [3.8, 4) is 28.7 Å². The predicted molar refractivity (Wildman–Crippen MR) is 122 cm³/mol. The lowest BCUT2D eigenvalue weighted by Gasteiger charge is -2.02. The Hall–Kier alpha value is -3.44. The minimum atomic E-state index is -0.458. The molecule has 0 aliphatic carbocycles. The van der Waals surface area contributed by atoms with Gasteiger partial charge in [0, 0.05) is 29.2 Å². The smallest absolute Gasteiger partial charge is 0.269 e. The van der Waals surface area contributed by atoms with Crippen molar-refractivity contribution in [3.63, 3.8) is 0 Å². The fourth-order valence-electron chi connectivity index (χ4n) is 2.87. The van der Waals surface area contributed by atoms with Crippen molar-refractivity contribution in [3.05, 3.63) is 90.9 Å². The molecule has 4 rings (SSSR count). The molecule has 0 N–H and O–H groups in total. The van der Waals surface area contributed by atoms with Crippen LogP contribution < -0.4 is 0 Å². The van der Waals surface area contributed by atoms with Gasteiger partial charge in [0.1, 0.15) is 22.6 Å². The van der Waals surface area contributed by atoms with Crippen LogP contribution in [0.5, 0.6) is 0 Å². The molecule has 0 saturated heterocycles. The van der Waals surface area contributed by atoms with Gasteiger partial charge in [-0.05, 0) is 36.4 Å². The van der Waals surface area contributed by atoms with E-state index in [1.807, 2.05) is 0 Å². The first-order chi connectivity index (χ1) is 15.0. The summed E-state index contributed by atoms with van der Waals surface area (Å²) in [6, 6.07) is 16.9. The lowest BCUT2D eigenvalue weighted by atomic mass is 10.1. The van der Waals surface area contributed by atoms with E-state index in [2.05, 4.69) is 11.1 Å². The molecule has 0 aliphatic rings. The van der Waals surface area contributed by atoms with Gasteiger partial charge < -0.3 is 4.42 Å². The van der Waals surface area contributed by atoms with Crippen molar-refractivity contribution in [1.82, 2.24) is 4.98 Å². The summed E-state index contributed by atoms with van der Waals surface area (Å²) in [6.45, 7) is 0. The third-order valence-corrected chi connectivity index (χ3v) is 5.86. The third-order valence-electron chi connectivity index (χ3n) is 4.35. The summed E-state index contributed by atoms with van der Waals surface area (Å²) >= 11 is 13.8. The van der Waals surface area contributed by atoms with Crippen LogP contribution in [0.25, 0.3) is 34.2 Å². The fraction of sp³-hybridized carbons (Fsp3) is 0. The molecule has 2 aromatic carbocycles. The second-order valence-electron chi connectivity index (χ2n) is 6.31. The maximum atomic E-state index is 10.8. The number of allylic oxidation sites excluding steroid dienone is 1. The molecule has 9 heteroatoms. The van der Waals surface area contributed by atoms with Crippen LogP contribution in [0.15, 0.2) is 64.4 Å². The molecule has 4 aromatic rings. The monoisotopic (exact) mass is 467 g/mol. The molecular weight excluding hydrogens is 457 g/mol. The Morgan fingerprint density at radius 1 is 1.13 bits per heavy atom. The van der Waals surface area contributed by atoms with Crippen LogP contribution in [-0.4, -0.2) is 9.91 Å². The van der Waals surface area contributed by atoms with E-state index in [0.29, 0.717) is 43.4 Å². The van der Waals surface area contributed by atoms with E-state index in [4.69, 9.17) is 27.6 Å². The molecule has 0 bridgehead atoms. The highest BCUT2D eigenvalue weighted by Gasteiger charge is 2.14. The molecule has 6 nitrogen and oxygen atoms in total. The van der Waals surface area contributed by atoms with Crippen LogP contribution in [0.4, 0.5) is 5.69 Å². The fourth-order valence-corrected chi connectivity index (χ4v) is 4.24. The normalized spacial score (nSPS) is 11.3. The van der Waals surface area contributed by atoms with Crippen molar-refractivity contribution in [2.24, 2.45) is 0 Å². The van der Waals surface area contributed by atoms with Gasteiger partial charge in [-0.25, -0.2) is 4.98 Å². The predicted octanol–water partition coefficient (Wildman–Crippen LogP) is 7.35. The van der Waals surface area contributed by atoms with Crippen LogP contribution >= 0.6 is 34.5 Å². The average Bonchev–Trinajstić information content (AvgIpc) is 3.42. The number of furan rings is 1. The number of hydrogen-bond acceptors (Lipinski definition) is 6. The topological polar surface area (TPSA) is 93.0 Å². The van der Waals surface area contributed by atoms with Crippen molar-refractivity contribution < 1.29 is 9.34 Å². The maximum absolute atomic E-state index is 10.8. The summed E-state index contributed by atoms with van der Waals surface area (Å²) in [5.74, 6) is 0.944. The molecule has 0 amide bonds. The summed E-state index contributed by atoms with van der Waals surface area (Å²) < 4.78 is 5.83. The van der Waals surface area contributed by atoms with Gasteiger partial charge in [0.2, 0.25) is 0 Å². The second kappa shape index (κ2) is 8.74. The Bertz CT molecular complexity index is 1330. The van der Waals surface area contributed by atoms with Crippen LogP contribution in [0.3, 0.4) is 0 Å². The van der Waals surface area contributed by atoms with Gasteiger partial charge in [-0.2, -0.15) is 5.26 Å². The molecule has 31 heavy (non-hydrogen) atoms. The zero-order valence-corrected chi connectivity index (χ0v) is 17.9. The van der Waals surface area contributed by atoms with Gasteiger partial charge >= 0.3 is 0 Å². The van der Waals surface area contributed by atoms with Crippen LogP contribution in [-0.2, 0) is 0 Å². The average molecular weight is 468 g/mol. The zero-order chi connectivity index (χ0) is 22.0. The lowest BCUT2D eigenvalue weighted by Crippen LogP contribution is -1.87. The molecule has 0 fully saturated rings. The number of aromatic nitrogens is 1. The summed E-state index contributed by atoms with van der Waals surface area (Å²) in [6.07, 6.45) is 1.59. The van der Waals surface area contributed by atoms with Gasteiger partial charge in [0.15, 0.2) is 0 Å². The standard InChI is InChI=1S/C22H11Cl2N3O3S/c23-17-2-1-3-18(24)21(17)20-9-8-16(30-20)10-14(11-25)22-26-19(12-31-22)13-4-6-15(7-5-13)27(28)29/h1-10,12H/b14-10+. The number of nitro groups is 1. The van der Waals surface area contributed by atoms with Gasteiger partial charge in [-0.3, -0.25) is 10.1 Å². The Balaban J connectivity index is 1.62. The SMILES string of the molecule is N#C/C(=C\c1ccc(-c2c(Cl)cccc2Cl)o1)c1nc(-c2ccc([N+](=O)[O-])cc2)cs1. The number of rotatable bonds is 5. The van der Waals surface area contributed by atoms with Crippen LogP contribution in [0.2, 0.25) is 10.0 Å². The number of halogens is 2. The van der Waals surface area contributed by atoms with E-state index in [9.17, 15) is 15.4 Å². The highest BCUT2D eigenvalue weighted by atomic mass is 35.5. The number of nitriles is 1. The maximum Gasteiger partial charge on any atom is 0.269 e. The quantitative estimate of drug-likeness (QED) is 0.173. The molecule has 152 valence electrons. The summed E-state index contributed by atoms with van der Waals surface area (Å²) in [5.41, 5.74) is 2.25. The van der Waals surface area contributed by atoms with E-state index in [-0.39, 0.29) is 5.69 Å². The molecule has 0 aliphatic heterocycles. The van der Waals surface area contributed by atoms with E-state index >= 15 is 0 Å². The van der Waals surface area contributed by atoms with E-state index < -0.39 is 4.92 Å². The van der Waals surface area contributed by atoms with Crippen molar-refractivity contribution >= 4 is 51.9 Å². The van der Waals surface area contributed by atoms with Gasteiger partial charge in [-0.1, -0.05) is 29.3 Å². The summed E-state index contributed by atoms with van der Waals surface area (Å²) in [4.78, 5) is 14.8. The lowest BCUT2D eigenvalue weighted by molar-refractivity contribution is -0.384. The number of thiazole rings is 1. The van der Waals surface area contributed by atoms with Gasteiger partial charge in [0.25, 0.3) is 5.69 Å². The first-order valence-corrected chi connectivity index (χ1v) is 10.5. The molecule has 2 aromatic heterocycles.